The lowest BCUT2D eigenvalue weighted by atomic mass is 9.97. The molecule has 0 aromatic carbocycles. The molecule has 0 aromatic rings. The van der Waals surface area contributed by atoms with E-state index < -0.39 is 86.8 Å². The van der Waals surface area contributed by atoms with Crippen LogP contribution in [0.2, 0.25) is 0 Å². The summed E-state index contributed by atoms with van der Waals surface area (Å²) >= 11 is 0. The van der Waals surface area contributed by atoms with Crippen LogP contribution in [-0.4, -0.2) is 140 Å². The van der Waals surface area contributed by atoms with Gasteiger partial charge in [0.25, 0.3) is 0 Å². The Morgan fingerprint density at radius 3 is 1.21 bits per heavy atom. The third kappa shape index (κ3) is 41.5. The molecule has 2 rings (SSSR count). The number of aliphatic hydroxyl groups excluding tert-OH is 8. The monoisotopic (exact) mass is 1230 g/mol. The third-order valence-electron chi connectivity index (χ3n) is 17.1. The molecule has 2 saturated heterocycles. The van der Waals surface area contributed by atoms with Gasteiger partial charge in [-0.2, -0.15) is 0 Å². The van der Waals surface area contributed by atoms with E-state index in [4.69, 9.17) is 18.9 Å². The number of aliphatic hydroxyl groups is 8. The molecular formula is C73H131NO13. The number of nitrogens with one attached hydrogen (secondary N) is 1. The SMILES string of the molecule is CCCCCCC/C=C\C/C=C\C/C=C\CCCCCCCCCCC(=O)NC(COC1OC(CO)C(OC2OC(CO)C(O)C(O)C2O)C(O)C1O)C(O)/C=C/CC/C=C/CC/C=C/CCCCCCCCCCCCCCCCCCCCCC. The molecule has 9 N–H and O–H groups in total. The molecular weight excluding hydrogens is 1100 g/mol. The fourth-order valence-corrected chi connectivity index (χ4v) is 11.4. The van der Waals surface area contributed by atoms with Gasteiger partial charge in [0.05, 0.1) is 32.0 Å². The molecule has 2 heterocycles. The van der Waals surface area contributed by atoms with Crippen molar-refractivity contribution in [1.82, 2.24) is 5.32 Å². The van der Waals surface area contributed by atoms with E-state index >= 15 is 0 Å². The first-order chi connectivity index (χ1) is 42.6. The highest BCUT2D eigenvalue weighted by Gasteiger charge is 2.51. The van der Waals surface area contributed by atoms with Gasteiger partial charge in [0.1, 0.15) is 48.8 Å². The van der Waals surface area contributed by atoms with Gasteiger partial charge in [-0.25, -0.2) is 0 Å². The van der Waals surface area contributed by atoms with E-state index in [1.165, 1.54) is 186 Å². The fraction of sp³-hybridized carbons (Fsp3) is 0.822. The van der Waals surface area contributed by atoms with Gasteiger partial charge in [-0.3, -0.25) is 4.79 Å². The number of hydrogen-bond acceptors (Lipinski definition) is 13. The summed E-state index contributed by atoms with van der Waals surface area (Å²) in [5.41, 5.74) is 0. The van der Waals surface area contributed by atoms with Gasteiger partial charge in [0.2, 0.25) is 5.91 Å². The average molecular weight is 1230 g/mol. The van der Waals surface area contributed by atoms with Gasteiger partial charge in [0.15, 0.2) is 12.6 Å². The summed E-state index contributed by atoms with van der Waals surface area (Å²) < 4.78 is 22.8. The normalized spacial score (nSPS) is 23.7. The Kier molecular flexibility index (Phi) is 53.1. The van der Waals surface area contributed by atoms with E-state index in [1.807, 2.05) is 6.08 Å². The van der Waals surface area contributed by atoms with Crippen molar-refractivity contribution in [2.24, 2.45) is 0 Å². The highest BCUT2D eigenvalue weighted by molar-refractivity contribution is 5.76. The van der Waals surface area contributed by atoms with E-state index in [0.717, 1.165) is 70.6 Å². The lowest BCUT2D eigenvalue weighted by Crippen LogP contribution is -2.65. The molecule has 0 spiro atoms. The molecule has 2 aliphatic heterocycles. The molecule has 2 aliphatic rings. The number of rotatable bonds is 58. The van der Waals surface area contributed by atoms with Gasteiger partial charge in [-0.05, 0) is 83.5 Å². The smallest absolute Gasteiger partial charge is 0.220 e. The minimum absolute atomic E-state index is 0.259. The van der Waals surface area contributed by atoms with Gasteiger partial charge in [-0.15, -0.1) is 0 Å². The summed E-state index contributed by atoms with van der Waals surface area (Å²) in [6.07, 6.45) is 61.0. The minimum atomic E-state index is -1.80. The maximum Gasteiger partial charge on any atom is 0.220 e. The number of carbonyl (C=O) groups is 1. The molecule has 0 bridgehead atoms. The van der Waals surface area contributed by atoms with Crippen molar-refractivity contribution < 1.29 is 64.6 Å². The Morgan fingerprint density at radius 2 is 0.770 bits per heavy atom. The molecule has 0 aromatic heterocycles. The maximum absolute atomic E-state index is 13.3. The number of carbonyl (C=O) groups excluding carboxylic acids is 1. The Bertz CT molecular complexity index is 1740. The second-order valence-electron chi connectivity index (χ2n) is 25.0. The minimum Gasteiger partial charge on any atom is -0.394 e. The first-order valence-corrected chi connectivity index (χ1v) is 35.7. The summed E-state index contributed by atoms with van der Waals surface area (Å²) in [5, 5.41) is 87.4. The van der Waals surface area contributed by atoms with Gasteiger partial charge < -0.3 is 65.1 Å². The quantitative estimate of drug-likeness (QED) is 0.0204. The van der Waals surface area contributed by atoms with Crippen molar-refractivity contribution in [3.8, 4) is 0 Å². The van der Waals surface area contributed by atoms with Crippen LogP contribution in [0.25, 0.3) is 0 Å². The van der Waals surface area contributed by atoms with Gasteiger partial charge in [0, 0.05) is 6.42 Å². The lowest BCUT2D eigenvalue weighted by molar-refractivity contribution is -0.359. The summed E-state index contributed by atoms with van der Waals surface area (Å²) in [6, 6.07) is -0.948. The molecule has 87 heavy (non-hydrogen) atoms. The molecule has 2 fully saturated rings. The first-order valence-electron chi connectivity index (χ1n) is 35.7. The van der Waals surface area contributed by atoms with Crippen LogP contribution in [0.3, 0.4) is 0 Å². The van der Waals surface area contributed by atoms with Gasteiger partial charge in [-0.1, -0.05) is 273 Å². The standard InChI is InChI=1S/C73H131NO13/c1-3-5-7-9-11-13-15-17-19-21-23-25-27-28-29-30-31-32-33-35-36-38-40-42-44-46-48-50-52-54-56-62(77)61(60-84-72-70(83)68(81)71(64(59-76)86-72)87-73-69(82)67(80)66(79)63(58-75)85-73)74-65(78)57-55-53-51-49-47-45-43-41-39-37-34-26-24-22-20-18-16-14-12-10-8-6-4-2/h16,18,22,24,34,37-38,40,46,48,54,56,61-64,66-73,75-77,79-83H,3-15,17,19-21,23,25-33,35-36,39,41-45,47,49-53,55,57-60H2,1-2H3,(H,74,78)/b18-16-,24-22-,37-34-,40-38+,48-46+,56-54+. The zero-order valence-electron chi connectivity index (χ0n) is 55.0. The van der Waals surface area contributed by atoms with E-state index in [-0.39, 0.29) is 18.9 Å². The topological polar surface area (TPSA) is 228 Å². The fourth-order valence-electron chi connectivity index (χ4n) is 11.4. The average Bonchev–Trinajstić information content (AvgIpc) is 2.33. The maximum atomic E-state index is 13.3. The van der Waals surface area contributed by atoms with Crippen LogP contribution in [0.4, 0.5) is 0 Å². The lowest BCUT2D eigenvalue weighted by Gasteiger charge is -2.46. The Labute approximate surface area is 529 Å². The largest absolute Gasteiger partial charge is 0.394 e. The van der Waals surface area contributed by atoms with Crippen LogP contribution >= 0.6 is 0 Å². The number of unbranched alkanes of at least 4 members (excludes halogenated alkanes) is 35. The predicted octanol–water partition coefficient (Wildman–Crippen LogP) is 14.6. The van der Waals surface area contributed by atoms with E-state index in [1.54, 1.807) is 6.08 Å². The van der Waals surface area contributed by atoms with E-state index in [2.05, 4.69) is 79.9 Å². The van der Waals surface area contributed by atoms with E-state index in [9.17, 15) is 45.6 Å². The second kappa shape index (κ2) is 57.3. The third-order valence-corrected chi connectivity index (χ3v) is 17.1. The zero-order chi connectivity index (χ0) is 63.1. The number of hydrogen-bond donors (Lipinski definition) is 9. The summed E-state index contributed by atoms with van der Waals surface area (Å²) in [7, 11) is 0. The number of allylic oxidation sites excluding steroid dienone is 11. The Morgan fingerprint density at radius 1 is 0.414 bits per heavy atom. The summed E-state index contributed by atoms with van der Waals surface area (Å²) in [6.45, 7) is 2.79. The molecule has 506 valence electrons. The Hall–Kier alpha value is -2.57. The molecule has 0 radical (unpaired) electrons. The van der Waals surface area contributed by atoms with Crippen molar-refractivity contribution in [3.05, 3.63) is 72.9 Å². The highest BCUT2D eigenvalue weighted by atomic mass is 16.7. The van der Waals surface area contributed by atoms with Crippen LogP contribution in [-0.2, 0) is 23.7 Å². The van der Waals surface area contributed by atoms with Crippen LogP contribution in [0.15, 0.2) is 72.9 Å². The second-order valence-corrected chi connectivity index (χ2v) is 25.0. The molecule has 0 aliphatic carbocycles. The van der Waals surface area contributed by atoms with E-state index in [0.29, 0.717) is 12.8 Å². The van der Waals surface area contributed by atoms with Crippen LogP contribution in [0.1, 0.15) is 290 Å². The molecule has 14 heteroatoms. The molecule has 12 unspecified atom stereocenters. The molecule has 1 amide bonds. The zero-order valence-corrected chi connectivity index (χ0v) is 55.0. The molecule has 14 nitrogen and oxygen atoms in total. The molecule has 0 saturated carbocycles. The van der Waals surface area contributed by atoms with Crippen LogP contribution < -0.4 is 5.32 Å². The van der Waals surface area contributed by atoms with Crippen molar-refractivity contribution in [1.29, 1.82) is 0 Å². The van der Waals surface area contributed by atoms with Crippen molar-refractivity contribution in [3.63, 3.8) is 0 Å². The van der Waals surface area contributed by atoms with Crippen LogP contribution in [0.5, 0.6) is 0 Å². The van der Waals surface area contributed by atoms with Crippen LogP contribution in [0, 0.1) is 0 Å². The predicted molar refractivity (Wildman–Crippen MR) is 355 cm³/mol. The van der Waals surface area contributed by atoms with Crippen molar-refractivity contribution in [2.45, 2.75) is 364 Å². The summed E-state index contributed by atoms with van der Waals surface area (Å²) in [5.74, 6) is -0.260. The number of amides is 1. The summed E-state index contributed by atoms with van der Waals surface area (Å²) in [4.78, 5) is 13.3. The Balaban J connectivity index is 1.71. The first kappa shape index (κ1) is 80.5. The number of ether oxygens (including phenoxy) is 4. The molecule has 12 atom stereocenters. The highest BCUT2D eigenvalue weighted by Crippen LogP contribution is 2.30. The van der Waals surface area contributed by atoms with Crippen molar-refractivity contribution >= 4 is 5.91 Å². The van der Waals surface area contributed by atoms with Crippen molar-refractivity contribution in [2.75, 3.05) is 19.8 Å². The van der Waals surface area contributed by atoms with Gasteiger partial charge >= 0.3 is 0 Å².